The Hall–Kier alpha value is -2.94. The normalized spacial score (nSPS) is 17.4. The van der Waals surface area contributed by atoms with Gasteiger partial charge in [0, 0.05) is 19.7 Å². The van der Waals surface area contributed by atoms with Gasteiger partial charge in [-0.15, -0.1) is 0 Å². The fourth-order valence-corrected chi connectivity index (χ4v) is 3.90. The van der Waals surface area contributed by atoms with Gasteiger partial charge < -0.3 is 0 Å². The highest BCUT2D eigenvalue weighted by molar-refractivity contribution is 5.77. The van der Waals surface area contributed by atoms with Crippen molar-refractivity contribution in [2.24, 2.45) is 7.05 Å². The molecule has 1 aromatic carbocycles. The minimum Gasteiger partial charge on any atom is -0.289 e. The van der Waals surface area contributed by atoms with Gasteiger partial charge in [-0.05, 0) is 37.6 Å². The minimum atomic E-state index is -2.66. The highest BCUT2D eigenvalue weighted by Gasteiger charge is 2.31. The van der Waals surface area contributed by atoms with Crippen molar-refractivity contribution in [3.05, 3.63) is 68.6 Å². The summed E-state index contributed by atoms with van der Waals surface area (Å²) in [6.07, 6.45) is -1.09. The molecule has 1 atom stereocenters. The molecule has 0 bridgehead atoms. The Morgan fingerprint density at radius 1 is 1.17 bits per heavy atom. The maximum atomic E-state index is 13.3. The van der Waals surface area contributed by atoms with Gasteiger partial charge in [-0.3, -0.25) is 19.1 Å². The molecule has 0 aliphatic carbocycles. The summed E-state index contributed by atoms with van der Waals surface area (Å²) in [5.74, 6) is 0.358. The van der Waals surface area contributed by atoms with Gasteiger partial charge in [0.05, 0.1) is 29.2 Å². The average Bonchev–Trinajstić information content (AvgIpc) is 3.14. The number of fused-ring (bicyclic) bond motifs is 1. The van der Waals surface area contributed by atoms with E-state index in [-0.39, 0.29) is 11.6 Å². The van der Waals surface area contributed by atoms with Crippen molar-refractivity contribution >= 4 is 10.9 Å². The lowest BCUT2D eigenvalue weighted by molar-refractivity contribution is 0.120. The second-order valence-corrected chi connectivity index (χ2v) is 7.21. The summed E-state index contributed by atoms with van der Waals surface area (Å²) in [5.41, 5.74) is 0.555. The molecular formula is C20H21F2N5O2. The highest BCUT2D eigenvalue weighted by atomic mass is 19.3. The van der Waals surface area contributed by atoms with Crippen molar-refractivity contribution in [2.75, 3.05) is 6.54 Å². The van der Waals surface area contributed by atoms with Crippen molar-refractivity contribution in [1.29, 1.82) is 0 Å². The second kappa shape index (κ2) is 7.82. The number of alkyl halides is 2. The van der Waals surface area contributed by atoms with Crippen molar-refractivity contribution in [2.45, 2.75) is 38.4 Å². The van der Waals surface area contributed by atoms with E-state index in [0.29, 0.717) is 35.4 Å². The van der Waals surface area contributed by atoms with E-state index in [0.717, 1.165) is 17.5 Å². The molecule has 2 aromatic heterocycles. The number of nitrogens with zero attached hydrogens (tertiary/aromatic N) is 5. The van der Waals surface area contributed by atoms with Gasteiger partial charge >= 0.3 is 0 Å². The van der Waals surface area contributed by atoms with Crippen molar-refractivity contribution in [1.82, 2.24) is 24.2 Å². The van der Waals surface area contributed by atoms with Gasteiger partial charge in [-0.2, -0.15) is 5.10 Å². The fraction of sp³-hybridized carbons (Fsp3) is 0.400. The van der Waals surface area contributed by atoms with E-state index < -0.39 is 18.5 Å². The Kier molecular flexibility index (Phi) is 5.23. The van der Waals surface area contributed by atoms with Crippen LogP contribution in [0.5, 0.6) is 0 Å². The maximum Gasteiger partial charge on any atom is 0.266 e. The van der Waals surface area contributed by atoms with E-state index in [2.05, 4.69) is 15.0 Å². The molecule has 7 nitrogen and oxygen atoms in total. The molecule has 0 N–H and O–H groups in total. The summed E-state index contributed by atoms with van der Waals surface area (Å²) >= 11 is 0. The summed E-state index contributed by atoms with van der Waals surface area (Å²) < 4.78 is 28.9. The lowest BCUT2D eigenvalue weighted by atomic mass is 10.1. The molecule has 0 amide bonds. The van der Waals surface area contributed by atoms with Crippen LogP contribution in [-0.4, -0.2) is 37.2 Å². The molecule has 1 fully saturated rings. The van der Waals surface area contributed by atoms with Gasteiger partial charge in [-0.1, -0.05) is 12.1 Å². The Bertz CT molecular complexity index is 1160. The van der Waals surface area contributed by atoms with Crippen molar-refractivity contribution < 1.29 is 8.78 Å². The molecule has 1 aliphatic rings. The summed E-state index contributed by atoms with van der Waals surface area (Å²) in [7, 11) is 1.58. The topological polar surface area (TPSA) is 73.0 Å². The summed E-state index contributed by atoms with van der Waals surface area (Å²) in [6, 6.07) is 9.65. The van der Waals surface area contributed by atoms with E-state index in [4.69, 9.17) is 0 Å². The van der Waals surface area contributed by atoms with Gasteiger partial charge in [0.2, 0.25) is 0 Å². The van der Waals surface area contributed by atoms with Gasteiger partial charge in [0.15, 0.2) is 0 Å². The van der Waals surface area contributed by atoms with E-state index in [9.17, 15) is 18.4 Å². The number of hydrogen-bond acceptors (Lipinski definition) is 5. The van der Waals surface area contributed by atoms with Crippen LogP contribution in [0.15, 0.2) is 46.0 Å². The Morgan fingerprint density at radius 3 is 2.72 bits per heavy atom. The SMILES string of the molecule is Cn1nc(CN2CCCC2c2nc3ccccc3c(=O)n2CC(F)F)ccc1=O. The number of aryl methyl sites for hydroxylation is 1. The van der Waals surface area contributed by atoms with Crippen LogP contribution in [-0.2, 0) is 20.1 Å². The van der Waals surface area contributed by atoms with Crippen LogP contribution in [0, 0.1) is 0 Å². The Balaban J connectivity index is 1.76. The largest absolute Gasteiger partial charge is 0.289 e. The molecular weight excluding hydrogens is 380 g/mol. The number of benzene rings is 1. The van der Waals surface area contributed by atoms with Crippen LogP contribution in [0.4, 0.5) is 8.78 Å². The average molecular weight is 401 g/mol. The zero-order valence-electron chi connectivity index (χ0n) is 16.0. The minimum absolute atomic E-state index is 0.200. The first-order chi connectivity index (χ1) is 13.9. The van der Waals surface area contributed by atoms with E-state index >= 15 is 0 Å². The lowest BCUT2D eigenvalue weighted by Gasteiger charge is -2.26. The summed E-state index contributed by atoms with van der Waals surface area (Å²) in [5, 5.41) is 4.59. The molecule has 3 heterocycles. The van der Waals surface area contributed by atoms with Gasteiger partial charge in [0.1, 0.15) is 5.82 Å². The van der Waals surface area contributed by atoms with Crippen molar-refractivity contribution in [3.63, 3.8) is 0 Å². The van der Waals surface area contributed by atoms with Crippen LogP contribution in [0.1, 0.15) is 30.4 Å². The monoisotopic (exact) mass is 401 g/mol. The van der Waals surface area contributed by atoms with E-state index in [1.54, 1.807) is 37.4 Å². The predicted molar refractivity (Wildman–Crippen MR) is 104 cm³/mol. The number of rotatable bonds is 5. The quantitative estimate of drug-likeness (QED) is 0.655. The molecule has 1 unspecified atom stereocenters. The number of hydrogen-bond donors (Lipinski definition) is 0. The number of likely N-dealkylation sites (tertiary alicyclic amines) is 1. The predicted octanol–water partition coefficient (Wildman–Crippen LogP) is 2.09. The molecule has 4 rings (SSSR count). The zero-order valence-corrected chi connectivity index (χ0v) is 16.0. The highest BCUT2D eigenvalue weighted by Crippen LogP contribution is 2.32. The molecule has 0 radical (unpaired) electrons. The van der Waals surface area contributed by atoms with Crippen molar-refractivity contribution in [3.8, 4) is 0 Å². The smallest absolute Gasteiger partial charge is 0.266 e. The van der Waals surface area contributed by atoms with Crippen LogP contribution in [0.3, 0.4) is 0 Å². The number of aromatic nitrogens is 4. The van der Waals surface area contributed by atoms with Gasteiger partial charge in [0.25, 0.3) is 17.5 Å². The lowest BCUT2D eigenvalue weighted by Crippen LogP contribution is -2.34. The summed E-state index contributed by atoms with van der Waals surface area (Å²) in [4.78, 5) is 31.2. The molecule has 3 aromatic rings. The third kappa shape index (κ3) is 3.82. The summed E-state index contributed by atoms with van der Waals surface area (Å²) in [6.45, 7) is 0.483. The molecule has 0 spiro atoms. The maximum absolute atomic E-state index is 13.3. The number of para-hydroxylation sites is 1. The molecule has 152 valence electrons. The first kappa shape index (κ1) is 19.4. The molecule has 9 heteroatoms. The van der Waals surface area contributed by atoms with Crippen LogP contribution < -0.4 is 11.1 Å². The van der Waals surface area contributed by atoms with E-state index in [1.165, 1.54) is 10.7 Å². The van der Waals surface area contributed by atoms with Gasteiger partial charge in [-0.25, -0.2) is 18.4 Å². The number of halogens is 2. The zero-order chi connectivity index (χ0) is 20.5. The van der Waals surface area contributed by atoms with Crippen LogP contribution in [0.25, 0.3) is 10.9 Å². The molecule has 0 saturated carbocycles. The molecule has 29 heavy (non-hydrogen) atoms. The fourth-order valence-electron chi connectivity index (χ4n) is 3.90. The third-order valence-corrected chi connectivity index (χ3v) is 5.25. The van der Waals surface area contributed by atoms with E-state index in [1.807, 2.05) is 0 Å². The molecule has 1 aliphatic heterocycles. The first-order valence-corrected chi connectivity index (χ1v) is 9.49. The first-order valence-electron chi connectivity index (χ1n) is 9.49. The van der Waals surface area contributed by atoms with Crippen LogP contribution >= 0.6 is 0 Å². The Morgan fingerprint density at radius 2 is 1.97 bits per heavy atom. The van der Waals surface area contributed by atoms with Crippen LogP contribution in [0.2, 0.25) is 0 Å². The second-order valence-electron chi connectivity index (χ2n) is 7.21. The standard InChI is InChI=1S/C20H21F2N5O2/c1-25-18(28)9-8-13(24-25)11-26-10-4-7-16(26)19-23-15-6-3-2-5-14(15)20(29)27(19)12-17(21)22/h2-3,5-6,8-9,16-17H,4,7,10-12H2,1H3. The third-order valence-electron chi connectivity index (χ3n) is 5.25. The Labute approximate surface area is 165 Å². The molecule has 1 saturated heterocycles.